The molecule has 0 aliphatic carbocycles. The van der Waals surface area contributed by atoms with Crippen LogP contribution >= 0.6 is 0 Å². The maximum atomic E-state index is 5.35. The summed E-state index contributed by atoms with van der Waals surface area (Å²) in [6, 6.07) is 0. The van der Waals surface area contributed by atoms with Crippen LogP contribution in [0.5, 0.6) is 0 Å². The Bertz CT molecular complexity index is 233. The number of nitrogens with zero attached hydrogens (tertiary/aromatic N) is 2. The van der Waals surface area contributed by atoms with Crippen molar-refractivity contribution in [3.63, 3.8) is 0 Å². The summed E-state index contributed by atoms with van der Waals surface area (Å²) in [5.74, 6) is 0.331. The smallest absolute Gasteiger partial charge is 0.219 e. The van der Waals surface area contributed by atoms with Crippen molar-refractivity contribution in [2.24, 2.45) is 0 Å². The Kier molecular flexibility index (Phi) is 1.81. The highest BCUT2D eigenvalue weighted by molar-refractivity contribution is 5.21. The molecule has 2 N–H and O–H groups in total. The predicted molar refractivity (Wildman–Crippen MR) is 45.1 cm³/mol. The van der Waals surface area contributed by atoms with Gasteiger partial charge in [-0.25, -0.2) is 9.97 Å². The van der Waals surface area contributed by atoms with E-state index in [1.165, 1.54) is 0 Å². The minimum absolute atomic E-state index is 0.105. The molecular weight excluding hydrogens is 138 g/mol. The predicted octanol–water partition coefficient (Wildman–Crippen LogP) is 1.36. The van der Waals surface area contributed by atoms with Gasteiger partial charge < -0.3 is 5.73 Å². The third kappa shape index (κ3) is 1.90. The average molecular weight is 151 g/mol. The fraction of sp³-hybridized carbons (Fsp3) is 0.500. The number of nitrogens with two attached hydrogens (primary N) is 1. The number of rotatable bonds is 0. The first-order valence-corrected chi connectivity index (χ1v) is 3.58. The highest BCUT2D eigenvalue weighted by Gasteiger charge is 2.13. The topological polar surface area (TPSA) is 51.8 Å². The molecule has 0 amide bonds. The molecule has 0 aromatic carbocycles. The van der Waals surface area contributed by atoms with Gasteiger partial charge in [-0.15, -0.1) is 0 Å². The van der Waals surface area contributed by atoms with Gasteiger partial charge in [0.1, 0.15) is 0 Å². The van der Waals surface area contributed by atoms with E-state index in [9.17, 15) is 0 Å². The van der Waals surface area contributed by atoms with Gasteiger partial charge in [0.15, 0.2) is 0 Å². The standard InChI is InChI=1S/C8H13N3/c1-8(2,3)6-4-10-7(9)11-5-6/h4-5H,1-3H3,(H2,9,10,11). The molecule has 1 rings (SSSR count). The van der Waals surface area contributed by atoms with Gasteiger partial charge in [-0.1, -0.05) is 20.8 Å². The van der Waals surface area contributed by atoms with Gasteiger partial charge in [-0.05, 0) is 11.0 Å². The van der Waals surface area contributed by atoms with Gasteiger partial charge >= 0.3 is 0 Å². The highest BCUT2D eigenvalue weighted by Crippen LogP contribution is 2.19. The monoisotopic (exact) mass is 151 g/mol. The lowest BCUT2D eigenvalue weighted by Gasteiger charge is -2.17. The molecule has 11 heavy (non-hydrogen) atoms. The van der Waals surface area contributed by atoms with Crippen molar-refractivity contribution in [1.29, 1.82) is 0 Å². The maximum Gasteiger partial charge on any atom is 0.219 e. The molecule has 1 aromatic heterocycles. The Labute approximate surface area is 66.7 Å². The highest BCUT2D eigenvalue weighted by atomic mass is 15.0. The number of nitrogen functional groups attached to an aromatic ring is 1. The van der Waals surface area contributed by atoms with E-state index < -0.39 is 0 Å². The Balaban J connectivity index is 2.99. The quantitative estimate of drug-likeness (QED) is 0.609. The summed E-state index contributed by atoms with van der Waals surface area (Å²) < 4.78 is 0. The molecule has 0 aliphatic heterocycles. The first-order valence-electron chi connectivity index (χ1n) is 3.58. The Morgan fingerprint density at radius 1 is 1.18 bits per heavy atom. The average Bonchev–Trinajstić information content (AvgIpc) is 1.86. The molecule has 3 heteroatoms. The molecule has 0 radical (unpaired) electrons. The van der Waals surface area contributed by atoms with E-state index in [1.54, 1.807) is 12.4 Å². The fourth-order valence-electron chi connectivity index (χ4n) is 0.725. The van der Waals surface area contributed by atoms with E-state index in [0.717, 1.165) is 5.56 Å². The second-order valence-corrected chi connectivity index (χ2v) is 3.58. The van der Waals surface area contributed by atoms with Crippen molar-refractivity contribution in [2.75, 3.05) is 5.73 Å². The Morgan fingerprint density at radius 2 is 1.64 bits per heavy atom. The van der Waals surface area contributed by atoms with Crippen molar-refractivity contribution in [1.82, 2.24) is 9.97 Å². The molecule has 1 heterocycles. The van der Waals surface area contributed by atoms with Crippen LogP contribution < -0.4 is 5.73 Å². The lowest BCUT2D eigenvalue weighted by Crippen LogP contribution is -2.12. The number of hydrogen-bond acceptors (Lipinski definition) is 3. The molecule has 0 atom stereocenters. The molecule has 0 saturated heterocycles. The summed E-state index contributed by atoms with van der Waals surface area (Å²) in [4.78, 5) is 7.82. The third-order valence-electron chi connectivity index (χ3n) is 1.54. The number of aromatic nitrogens is 2. The van der Waals surface area contributed by atoms with Gasteiger partial charge in [-0.2, -0.15) is 0 Å². The summed E-state index contributed by atoms with van der Waals surface area (Å²) in [6.07, 6.45) is 3.53. The molecule has 0 spiro atoms. The summed E-state index contributed by atoms with van der Waals surface area (Å²) >= 11 is 0. The molecule has 0 unspecified atom stereocenters. The lowest BCUT2D eigenvalue weighted by molar-refractivity contribution is 0.584. The molecule has 3 nitrogen and oxygen atoms in total. The lowest BCUT2D eigenvalue weighted by atomic mass is 9.89. The molecule has 1 aromatic rings. The van der Waals surface area contributed by atoms with E-state index in [-0.39, 0.29) is 5.41 Å². The zero-order valence-electron chi connectivity index (χ0n) is 7.13. The van der Waals surface area contributed by atoms with Crippen LogP contribution in [0.1, 0.15) is 26.3 Å². The van der Waals surface area contributed by atoms with Gasteiger partial charge in [0.2, 0.25) is 5.95 Å². The van der Waals surface area contributed by atoms with Crippen molar-refractivity contribution in [3.05, 3.63) is 18.0 Å². The van der Waals surface area contributed by atoms with Gasteiger partial charge in [-0.3, -0.25) is 0 Å². The van der Waals surface area contributed by atoms with Crippen LogP contribution in [0.3, 0.4) is 0 Å². The van der Waals surface area contributed by atoms with Crippen LogP contribution in [-0.2, 0) is 5.41 Å². The zero-order valence-corrected chi connectivity index (χ0v) is 7.13. The first-order chi connectivity index (χ1) is 5.00. The summed E-state index contributed by atoms with van der Waals surface area (Å²) in [5.41, 5.74) is 6.56. The maximum absolute atomic E-state index is 5.35. The minimum Gasteiger partial charge on any atom is -0.368 e. The largest absolute Gasteiger partial charge is 0.368 e. The van der Waals surface area contributed by atoms with Crippen molar-refractivity contribution >= 4 is 5.95 Å². The Hall–Kier alpha value is -1.12. The van der Waals surface area contributed by atoms with E-state index in [1.807, 2.05) is 0 Å². The van der Waals surface area contributed by atoms with Gasteiger partial charge in [0, 0.05) is 12.4 Å². The summed E-state index contributed by atoms with van der Waals surface area (Å²) in [5, 5.41) is 0. The number of hydrogen-bond donors (Lipinski definition) is 1. The van der Waals surface area contributed by atoms with Crippen LogP contribution in [-0.4, -0.2) is 9.97 Å². The van der Waals surface area contributed by atoms with Crippen LogP contribution in [0.4, 0.5) is 5.95 Å². The van der Waals surface area contributed by atoms with Crippen LogP contribution in [0.15, 0.2) is 12.4 Å². The molecular formula is C8H13N3. The van der Waals surface area contributed by atoms with E-state index in [0.29, 0.717) is 5.95 Å². The molecule has 0 saturated carbocycles. The Morgan fingerprint density at radius 3 is 2.00 bits per heavy atom. The van der Waals surface area contributed by atoms with E-state index in [4.69, 9.17) is 5.73 Å². The zero-order chi connectivity index (χ0) is 8.48. The SMILES string of the molecule is CC(C)(C)c1cnc(N)nc1. The molecule has 60 valence electrons. The van der Waals surface area contributed by atoms with E-state index in [2.05, 4.69) is 30.7 Å². The fourth-order valence-corrected chi connectivity index (χ4v) is 0.725. The molecule has 0 fully saturated rings. The van der Waals surface area contributed by atoms with Crippen LogP contribution in [0.25, 0.3) is 0 Å². The van der Waals surface area contributed by atoms with Crippen molar-refractivity contribution in [3.8, 4) is 0 Å². The second kappa shape index (κ2) is 2.49. The minimum atomic E-state index is 0.105. The van der Waals surface area contributed by atoms with Gasteiger partial charge in [0.05, 0.1) is 0 Å². The summed E-state index contributed by atoms with van der Waals surface area (Å²) in [6.45, 7) is 6.34. The van der Waals surface area contributed by atoms with Crippen molar-refractivity contribution < 1.29 is 0 Å². The normalized spacial score (nSPS) is 11.5. The van der Waals surface area contributed by atoms with E-state index >= 15 is 0 Å². The first kappa shape index (κ1) is 7.98. The van der Waals surface area contributed by atoms with Crippen LogP contribution in [0.2, 0.25) is 0 Å². The second-order valence-electron chi connectivity index (χ2n) is 3.58. The summed E-state index contributed by atoms with van der Waals surface area (Å²) in [7, 11) is 0. The molecule has 0 aliphatic rings. The number of anilines is 1. The van der Waals surface area contributed by atoms with Crippen LogP contribution in [0, 0.1) is 0 Å². The van der Waals surface area contributed by atoms with Gasteiger partial charge in [0.25, 0.3) is 0 Å². The third-order valence-corrected chi connectivity index (χ3v) is 1.54. The van der Waals surface area contributed by atoms with Crippen molar-refractivity contribution in [2.45, 2.75) is 26.2 Å². The molecule has 0 bridgehead atoms.